The van der Waals surface area contributed by atoms with Gasteiger partial charge in [-0.2, -0.15) is 0 Å². The average molecular weight is 172 g/mol. The van der Waals surface area contributed by atoms with Gasteiger partial charge in [0.25, 0.3) is 0 Å². The molecular formula is C10H24N2. The van der Waals surface area contributed by atoms with Crippen LogP contribution in [0.3, 0.4) is 0 Å². The van der Waals surface area contributed by atoms with Gasteiger partial charge in [-0.15, -0.1) is 0 Å². The molecule has 0 heterocycles. The minimum Gasteiger partial charge on any atom is -0.327 e. The van der Waals surface area contributed by atoms with Crippen LogP contribution in [0.15, 0.2) is 0 Å². The monoisotopic (exact) mass is 172 g/mol. The van der Waals surface area contributed by atoms with Crippen molar-refractivity contribution in [3.8, 4) is 0 Å². The van der Waals surface area contributed by atoms with Crippen molar-refractivity contribution < 1.29 is 0 Å². The summed E-state index contributed by atoms with van der Waals surface area (Å²) in [6.45, 7) is 10.6. The van der Waals surface area contributed by atoms with Crippen LogP contribution in [0, 0.1) is 11.8 Å². The molecule has 3 atom stereocenters. The molecule has 0 rings (SSSR count). The molecule has 0 spiro atoms. The van der Waals surface area contributed by atoms with Crippen molar-refractivity contribution in [3.05, 3.63) is 0 Å². The Morgan fingerprint density at radius 1 is 1.25 bits per heavy atom. The van der Waals surface area contributed by atoms with Crippen LogP contribution in [0.4, 0.5) is 0 Å². The second-order valence-electron chi connectivity index (χ2n) is 4.54. The molecule has 2 nitrogen and oxygen atoms in total. The van der Waals surface area contributed by atoms with Gasteiger partial charge in [-0.3, -0.25) is 0 Å². The van der Waals surface area contributed by atoms with Crippen molar-refractivity contribution in [2.45, 2.75) is 52.6 Å². The minimum absolute atomic E-state index is 0.119. The van der Waals surface area contributed by atoms with Crippen molar-refractivity contribution in [2.24, 2.45) is 23.3 Å². The quantitative estimate of drug-likeness (QED) is 0.678. The van der Waals surface area contributed by atoms with Gasteiger partial charge in [0.15, 0.2) is 0 Å². The van der Waals surface area contributed by atoms with Crippen LogP contribution < -0.4 is 11.5 Å². The first-order valence-electron chi connectivity index (χ1n) is 4.85. The molecule has 12 heavy (non-hydrogen) atoms. The Bertz CT molecular complexity index is 126. The van der Waals surface area contributed by atoms with Crippen LogP contribution in [0.1, 0.15) is 41.0 Å². The van der Waals surface area contributed by atoms with E-state index in [9.17, 15) is 0 Å². The van der Waals surface area contributed by atoms with Gasteiger partial charge in [0.05, 0.1) is 0 Å². The fourth-order valence-electron chi connectivity index (χ4n) is 1.42. The van der Waals surface area contributed by atoms with E-state index >= 15 is 0 Å². The molecule has 74 valence electrons. The van der Waals surface area contributed by atoms with E-state index in [1.807, 2.05) is 0 Å². The number of hydrogen-bond acceptors (Lipinski definition) is 2. The summed E-state index contributed by atoms with van der Waals surface area (Å²) in [5, 5.41) is 0. The molecule has 0 aliphatic heterocycles. The molecule has 0 aromatic heterocycles. The van der Waals surface area contributed by atoms with Crippen LogP contribution in [0.25, 0.3) is 0 Å². The van der Waals surface area contributed by atoms with E-state index in [1.165, 1.54) is 0 Å². The van der Waals surface area contributed by atoms with E-state index in [-0.39, 0.29) is 11.6 Å². The largest absolute Gasteiger partial charge is 0.327 e. The predicted molar refractivity (Wildman–Crippen MR) is 54.9 cm³/mol. The lowest BCUT2D eigenvalue weighted by molar-refractivity contribution is 0.219. The Morgan fingerprint density at radius 2 is 1.67 bits per heavy atom. The van der Waals surface area contributed by atoms with Crippen molar-refractivity contribution in [1.29, 1.82) is 0 Å². The maximum Gasteiger partial charge on any atom is 0.0126 e. The minimum atomic E-state index is -0.119. The van der Waals surface area contributed by atoms with Crippen LogP contribution in [-0.2, 0) is 0 Å². The van der Waals surface area contributed by atoms with E-state index in [1.54, 1.807) is 0 Å². The fourth-order valence-corrected chi connectivity index (χ4v) is 1.42. The Kier molecular flexibility index (Phi) is 4.21. The summed E-state index contributed by atoms with van der Waals surface area (Å²) in [5.41, 5.74) is 11.9. The van der Waals surface area contributed by atoms with Gasteiger partial charge < -0.3 is 11.5 Å². The van der Waals surface area contributed by atoms with E-state index in [2.05, 4.69) is 34.6 Å². The van der Waals surface area contributed by atoms with Gasteiger partial charge in [0.1, 0.15) is 0 Å². The molecule has 4 N–H and O–H groups in total. The van der Waals surface area contributed by atoms with E-state index < -0.39 is 0 Å². The zero-order chi connectivity index (χ0) is 9.94. The molecular weight excluding hydrogens is 148 g/mol. The van der Waals surface area contributed by atoms with Gasteiger partial charge in [0, 0.05) is 11.6 Å². The number of hydrogen-bond donors (Lipinski definition) is 2. The van der Waals surface area contributed by atoms with Gasteiger partial charge in [-0.05, 0) is 32.1 Å². The van der Waals surface area contributed by atoms with Crippen LogP contribution in [0.2, 0.25) is 0 Å². The summed E-state index contributed by atoms with van der Waals surface area (Å²) in [6, 6.07) is 0.280. The topological polar surface area (TPSA) is 52.0 Å². The SMILES string of the molecule is CCC(N)[C@@H](C)C(C)C(C)(C)N. The van der Waals surface area contributed by atoms with Crippen LogP contribution in [-0.4, -0.2) is 11.6 Å². The summed E-state index contributed by atoms with van der Waals surface area (Å²) in [6.07, 6.45) is 1.03. The van der Waals surface area contributed by atoms with E-state index in [4.69, 9.17) is 11.5 Å². The zero-order valence-corrected chi connectivity index (χ0v) is 9.09. The Morgan fingerprint density at radius 3 is 1.92 bits per heavy atom. The predicted octanol–water partition coefficient (Wildman–Crippen LogP) is 1.73. The molecule has 0 aromatic rings. The smallest absolute Gasteiger partial charge is 0.0126 e. The molecule has 2 heteroatoms. The molecule has 0 aromatic carbocycles. The lowest BCUT2D eigenvalue weighted by Gasteiger charge is -2.35. The van der Waals surface area contributed by atoms with Gasteiger partial charge in [0.2, 0.25) is 0 Å². The zero-order valence-electron chi connectivity index (χ0n) is 9.09. The lowest BCUT2D eigenvalue weighted by Crippen LogP contribution is -2.46. The third-order valence-corrected chi connectivity index (χ3v) is 3.11. The number of nitrogens with two attached hydrogens (primary N) is 2. The van der Waals surface area contributed by atoms with Gasteiger partial charge in [-0.1, -0.05) is 20.8 Å². The first kappa shape index (κ1) is 11.9. The Hall–Kier alpha value is -0.0800. The summed E-state index contributed by atoms with van der Waals surface area (Å²) < 4.78 is 0. The maximum atomic E-state index is 6.02. The Balaban J connectivity index is 4.19. The highest BCUT2D eigenvalue weighted by molar-refractivity contribution is 4.86. The molecule has 0 saturated heterocycles. The molecule has 0 aliphatic rings. The highest BCUT2D eigenvalue weighted by Gasteiger charge is 2.28. The third kappa shape index (κ3) is 3.11. The van der Waals surface area contributed by atoms with Crippen molar-refractivity contribution in [3.63, 3.8) is 0 Å². The lowest BCUT2D eigenvalue weighted by atomic mass is 9.77. The van der Waals surface area contributed by atoms with Gasteiger partial charge in [-0.25, -0.2) is 0 Å². The van der Waals surface area contributed by atoms with E-state index in [0.717, 1.165) is 6.42 Å². The molecule has 0 radical (unpaired) electrons. The first-order valence-corrected chi connectivity index (χ1v) is 4.85. The summed E-state index contributed by atoms with van der Waals surface area (Å²) >= 11 is 0. The van der Waals surface area contributed by atoms with Crippen LogP contribution >= 0.6 is 0 Å². The highest BCUT2D eigenvalue weighted by Crippen LogP contribution is 2.24. The maximum absolute atomic E-state index is 6.02. The van der Waals surface area contributed by atoms with Gasteiger partial charge >= 0.3 is 0 Å². The van der Waals surface area contributed by atoms with Crippen molar-refractivity contribution >= 4 is 0 Å². The fraction of sp³-hybridized carbons (Fsp3) is 1.00. The normalized spacial score (nSPS) is 20.2. The molecule has 2 unspecified atom stereocenters. The number of rotatable bonds is 4. The molecule has 0 amide bonds. The summed E-state index contributed by atoms with van der Waals surface area (Å²) in [5.74, 6) is 0.961. The van der Waals surface area contributed by atoms with Crippen LogP contribution in [0.5, 0.6) is 0 Å². The molecule has 0 fully saturated rings. The Labute approximate surface area is 76.7 Å². The molecule has 0 bridgehead atoms. The molecule has 0 aliphatic carbocycles. The van der Waals surface area contributed by atoms with Crippen molar-refractivity contribution in [2.75, 3.05) is 0 Å². The molecule has 0 saturated carbocycles. The second-order valence-corrected chi connectivity index (χ2v) is 4.54. The summed E-state index contributed by atoms with van der Waals surface area (Å²) in [7, 11) is 0. The van der Waals surface area contributed by atoms with Crippen molar-refractivity contribution in [1.82, 2.24) is 0 Å². The first-order chi connectivity index (χ1) is 5.30. The standard InChI is InChI=1S/C10H24N2/c1-6-9(11)7(2)8(3)10(4,5)12/h7-9H,6,11-12H2,1-5H3/t7-,8?,9?/m0/s1. The third-order valence-electron chi connectivity index (χ3n) is 3.11. The second kappa shape index (κ2) is 4.24. The summed E-state index contributed by atoms with van der Waals surface area (Å²) in [4.78, 5) is 0. The average Bonchev–Trinajstić information content (AvgIpc) is 1.98. The van der Waals surface area contributed by atoms with E-state index in [0.29, 0.717) is 11.8 Å². The highest BCUT2D eigenvalue weighted by atomic mass is 14.7.